The van der Waals surface area contributed by atoms with Crippen LogP contribution in [0.4, 0.5) is 0 Å². The highest BCUT2D eigenvalue weighted by Gasteiger charge is 2.07. The van der Waals surface area contributed by atoms with Gasteiger partial charge in [-0.15, -0.1) is 0 Å². The Hall–Kier alpha value is -0.970. The molecular weight excluding hydrogens is 268 g/mol. The molecule has 18 heavy (non-hydrogen) atoms. The monoisotopic (exact) mass is 282 g/mol. The summed E-state index contributed by atoms with van der Waals surface area (Å²) in [5, 5.41) is 0.706. The van der Waals surface area contributed by atoms with Crippen molar-refractivity contribution in [2.45, 2.75) is 18.7 Å². The van der Waals surface area contributed by atoms with E-state index in [0.717, 1.165) is 22.8 Å². The predicted octanol–water partition coefficient (Wildman–Crippen LogP) is 3.58. The summed E-state index contributed by atoms with van der Waals surface area (Å²) in [6.45, 7) is 1.99. The molecule has 0 bridgehead atoms. The van der Waals surface area contributed by atoms with Gasteiger partial charge in [-0.25, -0.2) is 4.98 Å². The molecule has 5 heteroatoms. The van der Waals surface area contributed by atoms with Crippen molar-refractivity contribution in [3.63, 3.8) is 0 Å². The van der Waals surface area contributed by atoms with Gasteiger partial charge in [0.25, 0.3) is 0 Å². The second-order valence-electron chi connectivity index (χ2n) is 4.14. The van der Waals surface area contributed by atoms with E-state index in [1.165, 1.54) is 0 Å². The molecule has 2 rings (SSSR count). The fourth-order valence-electron chi connectivity index (χ4n) is 1.45. The molecule has 96 valence electrons. The van der Waals surface area contributed by atoms with Gasteiger partial charge in [0.2, 0.25) is 5.89 Å². The summed E-state index contributed by atoms with van der Waals surface area (Å²) in [5.41, 5.74) is 7.56. The van der Waals surface area contributed by atoms with E-state index in [1.54, 1.807) is 18.0 Å². The summed E-state index contributed by atoms with van der Waals surface area (Å²) in [5.74, 6) is 2.37. The highest BCUT2D eigenvalue weighted by Crippen LogP contribution is 2.22. The minimum Gasteiger partial charge on any atom is -0.444 e. The van der Waals surface area contributed by atoms with Crippen LogP contribution in [0.15, 0.2) is 34.9 Å². The first-order valence-corrected chi connectivity index (χ1v) is 7.22. The number of hydrogen-bond acceptors (Lipinski definition) is 4. The van der Waals surface area contributed by atoms with Crippen LogP contribution in [-0.2, 0) is 5.75 Å². The van der Waals surface area contributed by atoms with Gasteiger partial charge in [0.05, 0.1) is 5.69 Å². The molecule has 2 N–H and O–H groups in total. The van der Waals surface area contributed by atoms with Crippen molar-refractivity contribution in [3.05, 3.63) is 41.2 Å². The van der Waals surface area contributed by atoms with Crippen LogP contribution < -0.4 is 5.73 Å². The minimum atomic E-state index is 0.206. The van der Waals surface area contributed by atoms with Crippen LogP contribution in [0.3, 0.4) is 0 Å². The second kappa shape index (κ2) is 6.27. The van der Waals surface area contributed by atoms with Crippen LogP contribution in [0.1, 0.15) is 12.6 Å². The van der Waals surface area contributed by atoms with Crippen LogP contribution in [0.2, 0.25) is 5.02 Å². The van der Waals surface area contributed by atoms with Gasteiger partial charge in [-0.3, -0.25) is 0 Å². The van der Waals surface area contributed by atoms with Crippen LogP contribution >= 0.6 is 23.4 Å². The first kappa shape index (κ1) is 13.5. The molecule has 0 aliphatic rings. The number of nitrogens with two attached hydrogens (primary N) is 1. The summed E-state index contributed by atoms with van der Waals surface area (Å²) < 4.78 is 5.45. The number of halogens is 1. The van der Waals surface area contributed by atoms with Gasteiger partial charge in [-0.1, -0.05) is 11.6 Å². The number of hydrogen-bond donors (Lipinski definition) is 1. The zero-order chi connectivity index (χ0) is 13.0. The molecule has 0 radical (unpaired) electrons. The summed E-state index contributed by atoms with van der Waals surface area (Å²) in [6, 6.07) is 7.65. The molecule has 1 unspecified atom stereocenters. The highest BCUT2D eigenvalue weighted by atomic mass is 35.5. The third-order valence-corrected chi connectivity index (χ3v) is 3.79. The smallest absolute Gasteiger partial charge is 0.226 e. The normalized spacial score (nSPS) is 12.6. The van der Waals surface area contributed by atoms with Crippen molar-refractivity contribution in [3.8, 4) is 11.5 Å². The Morgan fingerprint density at radius 1 is 1.39 bits per heavy atom. The van der Waals surface area contributed by atoms with Gasteiger partial charge in [-0.2, -0.15) is 11.8 Å². The molecular formula is C13H15ClN2OS. The number of rotatable bonds is 5. The van der Waals surface area contributed by atoms with Crippen LogP contribution in [0, 0.1) is 0 Å². The molecule has 0 amide bonds. The summed E-state index contributed by atoms with van der Waals surface area (Å²) in [4.78, 5) is 4.44. The topological polar surface area (TPSA) is 52.0 Å². The number of benzene rings is 1. The van der Waals surface area contributed by atoms with E-state index < -0.39 is 0 Å². The van der Waals surface area contributed by atoms with E-state index in [-0.39, 0.29) is 6.04 Å². The molecule has 0 aliphatic carbocycles. The van der Waals surface area contributed by atoms with Crippen molar-refractivity contribution < 1.29 is 4.42 Å². The SMILES string of the molecule is CC(N)CSCc1coc(-c2ccc(Cl)cc2)n1. The zero-order valence-electron chi connectivity index (χ0n) is 10.1. The standard InChI is InChI=1S/C13H15ClN2OS/c1-9(15)7-18-8-12-6-17-13(16-12)10-2-4-11(14)5-3-10/h2-6,9H,7-8,15H2,1H3. The van der Waals surface area contributed by atoms with Crippen LogP contribution in [0.25, 0.3) is 11.5 Å². The summed E-state index contributed by atoms with van der Waals surface area (Å²) in [7, 11) is 0. The Bertz CT molecular complexity index is 496. The lowest BCUT2D eigenvalue weighted by Gasteiger charge is -2.01. The first-order valence-electron chi connectivity index (χ1n) is 5.69. The molecule has 0 spiro atoms. The number of oxazole rings is 1. The van der Waals surface area contributed by atoms with Gasteiger partial charge in [-0.05, 0) is 31.2 Å². The maximum Gasteiger partial charge on any atom is 0.226 e. The van der Waals surface area contributed by atoms with Gasteiger partial charge >= 0.3 is 0 Å². The van der Waals surface area contributed by atoms with Crippen molar-refractivity contribution in [2.75, 3.05) is 5.75 Å². The summed E-state index contributed by atoms with van der Waals surface area (Å²) >= 11 is 7.59. The molecule has 1 aromatic heterocycles. The molecule has 1 heterocycles. The largest absolute Gasteiger partial charge is 0.444 e. The molecule has 0 saturated carbocycles. The Morgan fingerprint density at radius 3 is 2.78 bits per heavy atom. The average molecular weight is 283 g/mol. The molecule has 3 nitrogen and oxygen atoms in total. The summed E-state index contributed by atoms with van der Waals surface area (Å²) in [6.07, 6.45) is 1.69. The van der Waals surface area contributed by atoms with Crippen molar-refractivity contribution >= 4 is 23.4 Å². The van der Waals surface area contributed by atoms with Gasteiger partial charge < -0.3 is 10.2 Å². The fraction of sp³-hybridized carbons (Fsp3) is 0.308. The predicted molar refractivity (Wildman–Crippen MR) is 76.8 cm³/mol. The molecule has 0 saturated heterocycles. The van der Waals surface area contributed by atoms with E-state index in [9.17, 15) is 0 Å². The van der Waals surface area contributed by atoms with E-state index >= 15 is 0 Å². The average Bonchev–Trinajstić information content (AvgIpc) is 2.78. The first-order chi connectivity index (χ1) is 8.65. The van der Waals surface area contributed by atoms with Crippen molar-refractivity contribution in [1.29, 1.82) is 0 Å². The number of aromatic nitrogens is 1. The van der Waals surface area contributed by atoms with Crippen LogP contribution in [0.5, 0.6) is 0 Å². The molecule has 0 aliphatic heterocycles. The van der Waals surface area contributed by atoms with E-state index in [1.807, 2.05) is 31.2 Å². The van der Waals surface area contributed by atoms with E-state index in [4.69, 9.17) is 21.8 Å². The molecule has 1 aromatic carbocycles. The third-order valence-electron chi connectivity index (χ3n) is 2.27. The molecule has 2 aromatic rings. The fourth-order valence-corrected chi connectivity index (χ4v) is 2.41. The Labute approximate surface area is 116 Å². The zero-order valence-corrected chi connectivity index (χ0v) is 11.7. The minimum absolute atomic E-state index is 0.206. The Kier molecular flexibility index (Phi) is 4.69. The quantitative estimate of drug-likeness (QED) is 0.911. The molecule has 1 atom stereocenters. The lowest BCUT2D eigenvalue weighted by Crippen LogP contribution is -2.17. The third kappa shape index (κ3) is 3.77. The Balaban J connectivity index is 1.99. The second-order valence-corrected chi connectivity index (χ2v) is 5.61. The number of nitrogens with zero attached hydrogens (tertiary/aromatic N) is 1. The number of thioether (sulfide) groups is 1. The maximum atomic E-state index is 5.84. The Morgan fingerprint density at radius 2 is 2.11 bits per heavy atom. The maximum absolute atomic E-state index is 5.84. The van der Waals surface area contributed by atoms with Crippen molar-refractivity contribution in [2.24, 2.45) is 5.73 Å². The van der Waals surface area contributed by atoms with E-state index in [2.05, 4.69) is 4.98 Å². The van der Waals surface area contributed by atoms with Crippen molar-refractivity contribution in [1.82, 2.24) is 4.98 Å². The molecule has 0 fully saturated rings. The van der Waals surface area contributed by atoms with Gasteiger partial charge in [0, 0.05) is 28.1 Å². The lowest BCUT2D eigenvalue weighted by atomic mass is 10.2. The van der Waals surface area contributed by atoms with Gasteiger partial charge in [0.15, 0.2) is 0 Å². The highest BCUT2D eigenvalue weighted by molar-refractivity contribution is 7.98. The lowest BCUT2D eigenvalue weighted by molar-refractivity contribution is 0.573. The van der Waals surface area contributed by atoms with Crippen LogP contribution in [-0.4, -0.2) is 16.8 Å². The van der Waals surface area contributed by atoms with Gasteiger partial charge in [0.1, 0.15) is 6.26 Å². The van der Waals surface area contributed by atoms with E-state index in [0.29, 0.717) is 10.9 Å².